The average Bonchev–Trinajstić information content (AvgIpc) is 3.15. The minimum absolute atomic E-state index is 0.339. The van der Waals surface area contributed by atoms with Crippen LogP contribution >= 0.6 is 23.4 Å². The highest BCUT2D eigenvalue weighted by Gasteiger charge is 2.21. The van der Waals surface area contributed by atoms with Crippen molar-refractivity contribution in [3.8, 4) is 11.1 Å². The molecule has 0 radical (unpaired) electrons. The number of carbonyl (C=O) groups is 1. The molecule has 0 bridgehead atoms. The molecule has 0 spiro atoms. The first-order valence-electron chi connectivity index (χ1n) is 10.6. The molecule has 0 atom stereocenters. The molecule has 4 aromatic rings. The molecule has 1 heterocycles. The van der Waals surface area contributed by atoms with E-state index in [9.17, 15) is 4.79 Å². The predicted molar refractivity (Wildman–Crippen MR) is 136 cm³/mol. The molecule has 0 fully saturated rings. The van der Waals surface area contributed by atoms with E-state index in [-0.39, 0.29) is 6.03 Å². The van der Waals surface area contributed by atoms with Crippen LogP contribution in [0.4, 0.5) is 16.4 Å². The van der Waals surface area contributed by atoms with E-state index in [2.05, 4.69) is 30.5 Å². The first-order chi connectivity index (χ1) is 15.5. The lowest BCUT2D eigenvalue weighted by atomic mass is 10.0. The second kappa shape index (κ2) is 9.72. The van der Waals surface area contributed by atoms with E-state index in [1.165, 1.54) is 0 Å². The van der Waals surface area contributed by atoms with Gasteiger partial charge >= 0.3 is 6.03 Å². The maximum absolute atomic E-state index is 13.1. The lowest BCUT2D eigenvalue weighted by molar-refractivity contribution is 0.261. The molecule has 2 N–H and O–H groups in total. The van der Waals surface area contributed by atoms with Crippen molar-refractivity contribution in [2.75, 3.05) is 16.9 Å². The molecule has 0 aliphatic rings. The Kier molecular flexibility index (Phi) is 6.77. The SMILES string of the molecule is CCc1cccc(CC)c1NC(=O)Nc1oc2ccc(Cl)cc2c1-c1ccccc1SC. The summed E-state index contributed by atoms with van der Waals surface area (Å²) in [7, 11) is 0. The molecule has 6 heteroatoms. The number of amides is 2. The van der Waals surface area contributed by atoms with Gasteiger partial charge in [0.2, 0.25) is 5.88 Å². The third-order valence-electron chi connectivity index (χ3n) is 5.49. The van der Waals surface area contributed by atoms with Gasteiger partial charge in [0, 0.05) is 26.6 Å². The number of hydrogen-bond acceptors (Lipinski definition) is 3. The van der Waals surface area contributed by atoms with Crippen molar-refractivity contribution < 1.29 is 9.21 Å². The summed E-state index contributed by atoms with van der Waals surface area (Å²) in [4.78, 5) is 14.2. The van der Waals surface area contributed by atoms with Crippen LogP contribution in [0.15, 0.2) is 70.0 Å². The zero-order valence-electron chi connectivity index (χ0n) is 18.3. The fourth-order valence-electron chi connectivity index (χ4n) is 3.93. The summed E-state index contributed by atoms with van der Waals surface area (Å²) in [6.07, 6.45) is 3.69. The monoisotopic (exact) mass is 464 g/mol. The molecule has 0 aliphatic carbocycles. The summed E-state index contributed by atoms with van der Waals surface area (Å²) in [5.41, 5.74) is 5.54. The van der Waals surface area contributed by atoms with E-state index in [1.54, 1.807) is 17.8 Å². The molecule has 3 aromatic carbocycles. The summed E-state index contributed by atoms with van der Waals surface area (Å²) in [5.74, 6) is 0.397. The van der Waals surface area contributed by atoms with Gasteiger partial charge in [-0.15, -0.1) is 11.8 Å². The molecule has 164 valence electrons. The molecule has 4 rings (SSSR count). The quantitative estimate of drug-likeness (QED) is 0.282. The lowest BCUT2D eigenvalue weighted by Crippen LogP contribution is -2.21. The lowest BCUT2D eigenvalue weighted by Gasteiger charge is -2.15. The molecule has 0 saturated heterocycles. The van der Waals surface area contributed by atoms with Crippen LogP contribution in [0.2, 0.25) is 5.02 Å². The molecule has 0 saturated carbocycles. The molecule has 32 heavy (non-hydrogen) atoms. The largest absolute Gasteiger partial charge is 0.440 e. The van der Waals surface area contributed by atoms with Crippen molar-refractivity contribution in [2.24, 2.45) is 0 Å². The molecular weight excluding hydrogens is 440 g/mol. The Morgan fingerprint density at radius 3 is 2.38 bits per heavy atom. The highest BCUT2D eigenvalue weighted by molar-refractivity contribution is 7.98. The van der Waals surface area contributed by atoms with Gasteiger partial charge in [0.25, 0.3) is 0 Å². The van der Waals surface area contributed by atoms with Crippen molar-refractivity contribution in [1.29, 1.82) is 0 Å². The number of carbonyl (C=O) groups excluding carboxylic acids is 1. The summed E-state index contributed by atoms with van der Waals surface area (Å²) < 4.78 is 6.09. The first kappa shape index (κ1) is 22.3. The van der Waals surface area contributed by atoms with Crippen LogP contribution in [0, 0.1) is 0 Å². The van der Waals surface area contributed by atoms with Gasteiger partial charge in [-0.05, 0) is 54.5 Å². The highest BCUT2D eigenvalue weighted by atomic mass is 35.5. The zero-order valence-corrected chi connectivity index (χ0v) is 19.9. The van der Waals surface area contributed by atoms with E-state index < -0.39 is 0 Å². The summed E-state index contributed by atoms with van der Waals surface area (Å²) in [6, 6.07) is 19.3. The number of halogens is 1. The van der Waals surface area contributed by atoms with Gasteiger partial charge in [-0.3, -0.25) is 5.32 Å². The number of fused-ring (bicyclic) bond motifs is 1. The van der Waals surface area contributed by atoms with Gasteiger partial charge in [-0.2, -0.15) is 0 Å². The van der Waals surface area contributed by atoms with Gasteiger partial charge in [-0.25, -0.2) is 4.79 Å². The number of benzene rings is 3. The molecule has 0 aliphatic heterocycles. The number of urea groups is 1. The number of rotatable bonds is 6. The van der Waals surface area contributed by atoms with Crippen molar-refractivity contribution in [2.45, 2.75) is 31.6 Å². The summed E-state index contributed by atoms with van der Waals surface area (Å²) in [6.45, 7) is 4.16. The molecule has 2 amide bonds. The van der Waals surface area contributed by atoms with Crippen molar-refractivity contribution in [1.82, 2.24) is 0 Å². The normalized spacial score (nSPS) is 11.0. The van der Waals surface area contributed by atoms with Gasteiger partial charge in [0.05, 0.1) is 5.56 Å². The van der Waals surface area contributed by atoms with Crippen LogP contribution in [-0.2, 0) is 12.8 Å². The minimum Gasteiger partial charge on any atom is -0.440 e. The topological polar surface area (TPSA) is 54.3 Å². The maximum atomic E-state index is 13.1. The predicted octanol–water partition coefficient (Wildman–Crippen LogP) is 8.24. The van der Waals surface area contributed by atoms with Crippen molar-refractivity contribution >= 4 is 51.9 Å². The van der Waals surface area contributed by atoms with Gasteiger partial charge in [0.1, 0.15) is 5.58 Å². The van der Waals surface area contributed by atoms with E-state index >= 15 is 0 Å². The highest BCUT2D eigenvalue weighted by Crippen LogP contribution is 2.43. The zero-order chi connectivity index (χ0) is 22.7. The van der Waals surface area contributed by atoms with Crippen LogP contribution in [0.5, 0.6) is 0 Å². The molecule has 4 nitrogen and oxygen atoms in total. The minimum atomic E-state index is -0.339. The fourth-order valence-corrected chi connectivity index (χ4v) is 4.70. The van der Waals surface area contributed by atoms with Gasteiger partial charge < -0.3 is 9.73 Å². The third-order valence-corrected chi connectivity index (χ3v) is 6.52. The summed E-state index contributed by atoms with van der Waals surface area (Å²) in [5, 5.41) is 7.47. The molecule has 0 unspecified atom stereocenters. The second-order valence-electron chi connectivity index (χ2n) is 7.38. The Labute approximate surface area is 197 Å². The number of anilines is 2. The Balaban J connectivity index is 1.77. The number of furan rings is 1. The Hall–Kier alpha value is -2.89. The van der Waals surface area contributed by atoms with Gasteiger partial charge in [-0.1, -0.05) is 61.8 Å². The van der Waals surface area contributed by atoms with E-state index in [1.807, 2.05) is 54.8 Å². The third kappa shape index (κ3) is 4.36. The average molecular weight is 465 g/mol. The van der Waals surface area contributed by atoms with Crippen LogP contribution in [0.3, 0.4) is 0 Å². The number of nitrogens with one attached hydrogen (secondary N) is 2. The van der Waals surface area contributed by atoms with Crippen LogP contribution in [0.25, 0.3) is 22.1 Å². The smallest absolute Gasteiger partial charge is 0.326 e. The molecular formula is C26H25ClN2O2S. The van der Waals surface area contributed by atoms with Crippen molar-refractivity contribution in [3.05, 3.63) is 76.8 Å². The van der Waals surface area contributed by atoms with Gasteiger partial charge in [0.15, 0.2) is 0 Å². The van der Waals surface area contributed by atoms with Crippen molar-refractivity contribution in [3.63, 3.8) is 0 Å². The fraction of sp³-hybridized carbons (Fsp3) is 0.192. The first-order valence-corrected chi connectivity index (χ1v) is 12.2. The number of para-hydroxylation sites is 1. The van der Waals surface area contributed by atoms with E-state index in [0.717, 1.165) is 51.1 Å². The Bertz CT molecular complexity index is 1260. The summed E-state index contributed by atoms with van der Waals surface area (Å²) >= 11 is 7.94. The molecule has 1 aromatic heterocycles. The van der Waals surface area contributed by atoms with Crippen LogP contribution in [0.1, 0.15) is 25.0 Å². The second-order valence-corrected chi connectivity index (χ2v) is 8.67. The Morgan fingerprint density at radius 2 is 1.69 bits per heavy atom. The van der Waals surface area contributed by atoms with Crippen LogP contribution in [-0.4, -0.2) is 12.3 Å². The Morgan fingerprint density at radius 1 is 0.969 bits per heavy atom. The number of hydrogen-bond donors (Lipinski definition) is 2. The van der Waals surface area contributed by atoms with E-state index in [0.29, 0.717) is 16.5 Å². The number of aryl methyl sites for hydroxylation is 2. The maximum Gasteiger partial charge on any atom is 0.326 e. The number of thioether (sulfide) groups is 1. The van der Waals surface area contributed by atoms with Crippen LogP contribution < -0.4 is 10.6 Å². The van der Waals surface area contributed by atoms with E-state index in [4.69, 9.17) is 16.0 Å². The standard InChI is InChI=1S/C26H25ClN2O2S/c1-4-16-9-8-10-17(5-2)24(16)28-26(30)29-25-23(19-11-6-7-12-22(19)32-3)20-15-18(27)13-14-21(20)31-25/h6-15H,4-5H2,1-3H3,(H2,28,29,30).